The third-order valence-electron chi connectivity index (χ3n) is 3.63. The maximum absolute atomic E-state index is 12.4. The van der Waals surface area contributed by atoms with Gasteiger partial charge in [0.2, 0.25) is 0 Å². The van der Waals surface area contributed by atoms with E-state index in [2.05, 4.69) is 16.6 Å². The highest BCUT2D eigenvalue weighted by atomic mass is 16.8. The Labute approximate surface area is 167 Å². The molecule has 0 saturated heterocycles. The van der Waals surface area contributed by atoms with Crippen molar-refractivity contribution in [2.45, 2.75) is 19.8 Å². The highest BCUT2D eigenvalue weighted by molar-refractivity contribution is 6.09. The quantitative estimate of drug-likeness (QED) is 0.182. The van der Waals surface area contributed by atoms with E-state index in [1.165, 1.54) is 31.2 Å². The third-order valence-corrected chi connectivity index (χ3v) is 3.63. The Bertz CT molecular complexity index is 922. The molecule has 150 valence electrons. The van der Waals surface area contributed by atoms with E-state index < -0.39 is 18.0 Å². The van der Waals surface area contributed by atoms with Crippen LogP contribution in [0.15, 0.2) is 66.7 Å². The summed E-state index contributed by atoms with van der Waals surface area (Å²) in [6.45, 7) is 6.01. The van der Waals surface area contributed by atoms with Crippen molar-refractivity contribution >= 4 is 24.3 Å². The number of carbonyl (C=O) groups is 4. The molecule has 1 N–H and O–H groups in total. The number of carbonyl (C=O) groups excluding carboxylic acids is 4. The van der Waals surface area contributed by atoms with Gasteiger partial charge in [0.15, 0.2) is 5.78 Å². The maximum Gasteiger partial charge on any atom is 0.518 e. The molecule has 0 fully saturated rings. The van der Waals surface area contributed by atoms with Gasteiger partial charge in [-0.25, -0.2) is 4.79 Å². The van der Waals surface area contributed by atoms with Gasteiger partial charge in [0, 0.05) is 23.6 Å². The summed E-state index contributed by atoms with van der Waals surface area (Å²) in [5, 5.41) is 2.19. The minimum absolute atomic E-state index is 0.00989. The Morgan fingerprint density at radius 2 is 1.59 bits per heavy atom. The summed E-state index contributed by atoms with van der Waals surface area (Å²) in [6.07, 6.45) is -1.24. The number of ketones is 1. The molecule has 2 aromatic carbocycles. The first-order valence-corrected chi connectivity index (χ1v) is 8.44. The molecule has 2 rings (SSSR count). The van der Waals surface area contributed by atoms with Gasteiger partial charge in [-0.1, -0.05) is 36.9 Å². The molecule has 0 heterocycles. The van der Waals surface area contributed by atoms with Gasteiger partial charge in [-0.2, -0.15) is 0 Å². The number of hydrogen-bond acceptors (Lipinski definition) is 7. The zero-order chi connectivity index (χ0) is 21.4. The van der Waals surface area contributed by atoms with Crippen LogP contribution < -0.4 is 10.1 Å². The second kappa shape index (κ2) is 9.32. The number of hydrogen-bond donors (Lipinski definition) is 1. The van der Waals surface area contributed by atoms with Gasteiger partial charge in [-0.05, 0) is 31.2 Å². The van der Waals surface area contributed by atoms with Crippen molar-refractivity contribution in [3.8, 4) is 5.75 Å². The Morgan fingerprint density at radius 1 is 1.00 bits per heavy atom. The normalized spacial score (nSPS) is 12.1. The van der Waals surface area contributed by atoms with Crippen molar-refractivity contribution in [3.63, 3.8) is 0 Å². The van der Waals surface area contributed by atoms with Crippen LogP contribution in [-0.4, -0.2) is 30.2 Å². The van der Waals surface area contributed by atoms with Gasteiger partial charge >= 0.3 is 12.1 Å². The molecule has 1 unspecified atom stereocenters. The molecule has 29 heavy (non-hydrogen) atoms. The lowest BCUT2D eigenvalue weighted by Gasteiger charge is -2.27. The third kappa shape index (κ3) is 6.03. The molecule has 0 spiro atoms. The maximum atomic E-state index is 12.4. The number of amides is 1. The molecule has 0 aliphatic carbocycles. The van der Waals surface area contributed by atoms with Crippen LogP contribution in [0.3, 0.4) is 0 Å². The summed E-state index contributed by atoms with van der Waals surface area (Å²) < 4.78 is 14.5. The fourth-order valence-electron chi connectivity index (χ4n) is 2.19. The largest absolute Gasteiger partial charge is 0.518 e. The van der Waals surface area contributed by atoms with E-state index in [9.17, 15) is 19.2 Å². The zero-order valence-electron chi connectivity index (χ0n) is 15.8. The molecule has 0 bridgehead atoms. The fourth-order valence-corrected chi connectivity index (χ4v) is 2.19. The lowest BCUT2D eigenvalue weighted by atomic mass is 10.0. The summed E-state index contributed by atoms with van der Waals surface area (Å²) >= 11 is 0. The van der Waals surface area contributed by atoms with E-state index in [-0.39, 0.29) is 23.6 Å². The highest BCUT2D eigenvalue weighted by Crippen LogP contribution is 2.17. The van der Waals surface area contributed by atoms with Crippen LogP contribution >= 0.6 is 0 Å². The molecular formula is C21H19NO7. The van der Waals surface area contributed by atoms with Crippen LogP contribution in [-0.2, 0) is 19.1 Å². The van der Waals surface area contributed by atoms with E-state index in [4.69, 9.17) is 9.47 Å². The van der Waals surface area contributed by atoms with Crippen molar-refractivity contribution in [2.24, 2.45) is 0 Å². The molecule has 1 amide bonds. The van der Waals surface area contributed by atoms with Crippen molar-refractivity contribution < 1.29 is 33.4 Å². The monoisotopic (exact) mass is 397 g/mol. The molecule has 0 aromatic heterocycles. The van der Waals surface area contributed by atoms with Crippen LogP contribution in [0.25, 0.3) is 0 Å². The van der Waals surface area contributed by atoms with Gasteiger partial charge in [-0.15, -0.1) is 0 Å². The van der Waals surface area contributed by atoms with Gasteiger partial charge in [0.25, 0.3) is 12.4 Å². The second-order valence-electron chi connectivity index (χ2n) is 6.07. The van der Waals surface area contributed by atoms with Gasteiger partial charge < -0.3 is 14.2 Å². The van der Waals surface area contributed by atoms with Crippen LogP contribution in [0.1, 0.15) is 29.8 Å². The average molecular weight is 397 g/mol. The first-order valence-electron chi connectivity index (χ1n) is 8.44. The molecule has 0 aliphatic heterocycles. The van der Waals surface area contributed by atoms with Gasteiger partial charge in [0.1, 0.15) is 5.75 Å². The highest BCUT2D eigenvalue weighted by Gasteiger charge is 2.34. The lowest BCUT2D eigenvalue weighted by Crippen LogP contribution is -2.52. The number of rotatable bonds is 8. The molecule has 8 nitrogen and oxygen atoms in total. The molecular weight excluding hydrogens is 378 g/mol. The SMILES string of the molecule is C=C(C)C(=O)NC(C)(OC=O)OC(=O)Oc1ccc(C(=O)c2ccccc2)cc1. The number of nitrogens with one attached hydrogen (secondary N) is 1. The first kappa shape index (κ1) is 21.4. The average Bonchev–Trinajstić information content (AvgIpc) is 2.68. The standard InChI is InChI=1S/C21H19NO7/c1-14(2)19(25)22-21(3,27-13-23)29-20(26)28-17-11-9-16(10-12-17)18(24)15-7-5-4-6-8-15/h4-13H,1H2,2-3H3,(H,22,25). The van der Waals surface area contributed by atoms with E-state index in [0.29, 0.717) is 11.1 Å². The lowest BCUT2D eigenvalue weighted by molar-refractivity contribution is -0.205. The Morgan fingerprint density at radius 3 is 2.14 bits per heavy atom. The van der Waals surface area contributed by atoms with Crippen LogP contribution in [0.5, 0.6) is 5.75 Å². The minimum atomic E-state index is -2.09. The van der Waals surface area contributed by atoms with Crippen LogP contribution in [0, 0.1) is 0 Å². The van der Waals surface area contributed by atoms with Gasteiger partial charge in [-0.3, -0.25) is 19.7 Å². The predicted octanol–water partition coefficient (Wildman–Crippen LogP) is 2.97. The fraction of sp³-hybridized carbons (Fsp3) is 0.143. The van der Waals surface area contributed by atoms with E-state index in [1.54, 1.807) is 30.3 Å². The molecule has 0 aliphatic rings. The van der Waals surface area contributed by atoms with Crippen LogP contribution in [0.4, 0.5) is 4.79 Å². The van der Waals surface area contributed by atoms with Gasteiger partial charge in [0.05, 0.1) is 0 Å². The zero-order valence-corrected chi connectivity index (χ0v) is 15.8. The molecule has 2 aromatic rings. The number of ether oxygens (including phenoxy) is 3. The number of benzene rings is 2. The molecule has 8 heteroatoms. The van der Waals surface area contributed by atoms with Crippen molar-refractivity contribution in [1.29, 1.82) is 0 Å². The summed E-state index contributed by atoms with van der Waals surface area (Å²) in [6, 6.07) is 14.5. The first-order chi connectivity index (χ1) is 13.7. The minimum Gasteiger partial charge on any atom is -0.406 e. The second-order valence-corrected chi connectivity index (χ2v) is 6.07. The Hall–Kier alpha value is -3.94. The molecule has 0 radical (unpaired) electrons. The summed E-state index contributed by atoms with van der Waals surface area (Å²) in [5.41, 5.74) is 1.04. The van der Waals surface area contributed by atoms with Crippen molar-refractivity contribution in [2.75, 3.05) is 0 Å². The summed E-state index contributed by atoms with van der Waals surface area (Å²) in [7, 11) is 0. The van der Waals surface area contributed by atoms with Crippen LogP contribution in [0.2, 0.25) is 0 Å². The van der Waals surface area contributed by atoms with E-state index in [1.807, 2.05) is 0 Å². The Balaban J connectivity index is 2.04. The Kier molecular flexibility index (Phi) is 6.86. The van der Waals surface area contributed by atoms with E-state index >= 15 is 0 Å². The summed E-state index contributed by atoms with van der Waals surface area (Å²) in [4.78, 5) is 46.8. The topological polar surface area (TPSA) is 108 Å². The molecule has 0 saturated carbocycles. The summed E-state index contributed by atoms with van der Waals surface area (Å²) in [5.74, 6) is -2.88. The molecule has 1 atom stereocenters. The van der Waals surface area contributed by atoms with Crippen molar-refractivity contribution in [3.05, 3.63) is 77.9 Å². The predicted molar refractivity (Wildman–Crippen MR) is 102 cm³/mol. The van der Waals surface area contributed by atoms with Crippen molar-refractivity contribution in [1.82, 2.24) is 5.32 Å². The smallest absolute Gasteiger partial charge is 0.406 e. The van der Waals surface area contributed by atoms with E-state index in [0.717, 1.165) is 6.92 Å².